The fraction of sp³-hybridized carbons (Fsp3) is 0. The molecule has 26 heavy (non-hydrogen) atoms. The van der Waals surface area contributed by atoms with Crippen LogP contribution in [0, 0.1) is 0 Å². The van der Waals surface area contributed by atoms with Crippen LogP contribution >= 0.6 is 46.1 Å². The highest BCUT2D eigenvalue weighted by Gasteiger charge is 2.16. The van der Waals surface area contributed by atoms with E-state index in [4.69, 9.17) is 34.8 Å². The Labute approximate surface area is 167 Å². The summed E-state index contributed by atoms with van der Waals surface area (Å²) in [6.45, 7) is 0. The van der Waals surface area contributed by atoms with E-state index in [0.29, 0.717) is 20.6 Å². The lowest BCUT2D eigenvalue weighted by Crippen LogP contribution is -2.13. The standard InChI is InChI=1S/C17H9Cl3N4OS/c18-10-3-1-9(2-4-10)14-8-26-17-22-16(23-24(14)17)21-15(25)12-6-5-11(19)7-13(12)20/h1-8H,(H,21,23,25). The van der Waals surface area contributed by atoms with Gasteiger partial charge in [0.05, 0.1) is 16.3 Å². The molecular formula is C17H9Cl3N4OS. The molecule has 130 valence electrons. The SMILES string of the molecule is O=C(Nc1nc2scc(-c3ccc(Cl)cc3)n2n1)c1ccc(Cl)cc1Cl. The van der Waals surface area contributed by atoms with Crippen molar-refractivity contribution in [1.82, 2.24) is 14.6 Å². The second-order valence-electron chi connectivity index (χ2n) is 5.34. The van der Waals surface area contributed by atoms with E-state index in [1.54, 1.807) is 16.6 Å². The maximum atomic E-state index is 12.4. The largest absolute Gasteiger partial charge is 0.289 e. The van der Waals surface area contributed by atoms with Crippen LogP contribution < -0.4 is 5.32 Å². The summed E-state index contributed by atoms with van der Waals surface area (Å²) in [6.07, 6.45) is 0. The van der Waals surface area contributed by atoms with Crippen LogP contribution in [0.3, 0.4) is 0 Å². The lowest BCUT2D eigenvalue weighted by molar-refractivity contribution is 0.102. The molecule has 0 unspecified atom stereocenters. The third kappa shape index (κ3) is 3.29. The van der Waals surface area contributed by atoms with Crippen molar-refractivity contribution in [2.24, 2.45) is 0 Å². The highest BCUT2D eigenvalue weighted by Crippen LogP contribution is 2.27. The molecule has 0 bridgehead atoms. The lowest BCUT2D eigenvalue weighted by Gasteiger charge is -2.03. The number of benzene rings is 2. The first-order chi connectivity index (χ1) is 12.5. The van der Waals surface area contributed by atoms with Crippen molar-refractivity contribution in [3.05, 3.63) is 68.5 Å². The second-order valence-corrected chi connectivity index (χ2v) is 7.45. The summed E-state index contributed by atoms with van der Waals surface area (Å²) in [4.78, 5) is 17.4. The summed E-state index contributed by atoms with van der Waals surface area (Å²) in [7, 11) is 0. The van der Waals surface area contributed by atoms with Gasteiger partial charge in [0.15, 0.2) is 0 Å². The predicted octanol–water partition coefficient (Wildman–Crippen LogP) is 5.67. The predicted molar refractivity (Wildman–Crippen MR) is 106 cm³/mol. The Morgan fingerprint density at radius 1 is 1.04 bits per heavy atom. The van der Waals surface area contributed by atoms with Crippen molar-refractivity contribution >= 4 is 63.0 Å². The van der Waals surface area contributed by atoms with E-state index >= 15 is 0 Å². The van der Waals surface area contributed by atoms with E-state index in [2.05, 4.69) is 15.4 Å². The summed E-state index contributed by atoms with van der Waals surface area (Å²) < 4.78 is 1.67. The van der Waals surface area contributed by atoms with Gasteiger partial charge in [0.25, 0.3) is 11.9 Å². The average Bonchev–Trinajstić information content (AvgIpc) is 3.15. The molecule has 2 aromatic carbocycles. The van der Waals surface area contributed by atoms with E-state index in [1.165, 1.54) is 17.4 Å². The number of nitrogens with one attached hydrogen (secondary N) is 1. The van der Waals surface area contributed by atoms with E-state index in [-0.39, 0.29) is 11.0 Å². The summed E-state index contributed by atoms with van der Waals surface area (Å²) in [5.74, 6) is -0.207. The Morgan fingerprint density at radius 3 is 2.50 bits per heavy atom. The van der Waals surface area contributed by atoms with Crippen LogP contribution in [0.15, 0.2) is 47.8 Å². The molecule has 0 atom stereocenters. The minimum atomic E-state index is -0.405. The van der Waals surface area contributed by atoms with Gasteiger partial charge in [-0.1, -0.05) is 46.9 Å². The summed E-state index contributed by atoms with van der Waals surface area (Å²) in [6, 6.07) is 12.1. The molecule has 9 heteroatoms. The van der Waals surface area contributed by atoms with Crippen molar-refractivity contribution in [1.29, 1.82) is 0 Å². The van der Waals surface area contributed by atoms with Crippen molar-refractivity contribution in [3.63, 3.8) is 0 Å². The minimum Gasteiger partial charge on any atom is -0.289 e. The number of fused-ring (bicyclic) bond motifs is 1. The first-order valence-electron chi connectivity index (χ1n) is 7.38. The fourth-order valence-electron chi connectivity index (χ4n) is 2.40. The number of anilines is 1. The highest BCUT2D eigenvalue weighted by atomic mass is 35.5. The normalized spacial score (nSPS) is 11.0. The maximum Gasteiger partial charge on any atom is 0.259 e. The Bertz CT molecular complexity index is 1120. The number of rotatable bonds is 3. The molecule has 2 aromatic heterocycles. The van der Waals surface area contributed by atoms with Crippen molar-refractivity contribution in [2.75, 3.05) is 5.32 Å². The van der Waals surface area contributed by atoms with Gasteiger partial charge < -0.3 is 0 Å². The van der Waals surface area contributed by atoms with Gasteiger partial charge in [0.1, 0.15) is 0 Å². The van der Waals surface area contributed by atoms with Crippen LogP contribution in [0.2, 0.25) is 15.1 Å². The number of hydrogen-bond donors (Lipinski definition) is 1. The van der Waals surface area contributed by atoms with Crippen LogP contribution in [-0.4, -0.2) is 20.5 Å². The molecule has 0 fully saturated rings. The smallest absolute Gasteiger partial charge is 0.259 e. The van der Waals surface area contributed by atoms with Gasteiger partial charge in [0, 0.05) is 21.0 Å². The number of hydrogen-bond acceptors (Lipinski definition) is 4. The first-order valence-corrected chi connectivity index (χ1v) is 9.39. The quantitative estimate of drug-likeness (QED) is 0.462. The monoisotopic (exact) mass is 422 g/mol. The van der Waals surface area contributed by atoms with Crippen LogP contribution in [0.4, 0.5) is 5.95 Å². The van der Waals surface area contributed by atoms with Crippen molar-refractivity contribution in [3.8, 4) is 11.3 Å². The molecule has 4 rings (SSSR count). The van der Waals surface area contributed by atoms with E-state index in [1.807, 2.05) is 29.6 Å². The zero-order valence-corrected chi connectivity index (χ0v) is 16.0. The molecule has 1 amide bonds. The van der Waals surface area contributed by atoms with Crippen LogP contribution in [0.25, 0.3) is 16.2 Å². The van der Waals surface area contributed by atoms with Gasteiger partial charge >= 0.3 is 0 Å². The van der Waals surface area contributed by atoms with E-state index in [9.17, 15) is 4.79 Å². The average molecular weight is 424 g/mol. The highest BCUT2D eigenvalue weighted by molar-refractivity contribution is 7.15. The number of amides is 1. The molecule has 0 aliphatic carbocycles. The number of thiazole rings is 1. The summed E-state index contributed by atoms with van der Waals surface area (Å²) in [5, 5.41) is 10.3. The molecule has 0 aliphatic rings. The maximum absolute atomic E-state index is 12.4. The molecule has 5 nitrogen and oxygen atoms in total. The van der Waals surface area contributed by atoms with Gasteiger partial charge in [-0.15, -0.1) is 16.4 Å². The van der Waals surface area contributed by atoms with Gasteiger partial charge in [-0.05, 0) is 30.3 Å². The first kappa shape index (κ1) is 17.3. The number of nitrogens with zero attached hydrogens (tertiary/aromatic N) is 3. The molecule has 0 saturated carbocycles. The Balaban J connectivity index is 1.64. The van der Waals surface area contributed by atoms with Crippen molar-refractivity contribution in [2.45, 2.75) is 0 Å². The molecule has 0 aliphatic heterocycles. The zero-order chi connectivity index (χ0) is 18.3. The lowest BCUT2D eigenvalue weighted by atomic mass is 10.2. The van der Waals surface area contributed by atoms with Crippen LogP contribution in [-0.2, 0) is 0 Å². The zero-order valence-electron chi connectivity index (χ0n) is 12.9. The summed E-state index contributed by atoms with van der Waals surface area (Å²) >= 11 is 19.3. The second kappa shape index (κ2) is 6.89. The molecular weight excluding hydrogens is 415 g/mol. The van der Waals surface area contributed by atoms with Gasteiger partial charge in [0.2, 0.25) is 4.96 Å². The summed E-state index contributed by atoms with van der Waals surface area (Å²) in [5.41, 5.74) is 2.11. The van der Waals surface area contributed by atoms with E-state index in [0.717, 1.165) is 11.3 Å². The third-order valence-corrected chi connectivity index (χ3v) is 5.24. The van der Waals surface area contributed by atoms with E-state index < -0.39 is 5.91 Å². The van der Waals surface area contributed by atoms with Gasteiger partial charge in [-0.25, -0.2) is 4.52 Å². The molecule has 4 aromatic rings. The Hall–Kier alpha value is -2.12. The molecule has 0 radical (unpaired) electrons. The van der Waals surface area contributed by atoms with Crippen LogP contribution in [0.1, 0.15) is 10.4 Å². The molecule has 2 heterocycles. The number of carbonyl (C=O) groups excluding carboxylic acids is 1. The van der Waals surface area contributed by atoms with Gasteiger partial charge in [-0.2, -0.15) is 4.98 Å². The fourth-order valence-corrected chi connectivity index (χ4v) is 3.85. The van der Waals surface area contributed by atoms with Crippen molar-refractivity contribution < 1.29 is 4.79 Å². The minimum absolute atomic E-state index is 0.197. The Morgan fingerprint density at radius 2 is 1.77 bits per heavy atom. The molecule has 0 spiro atoms. The Kier molecular flexibility index (Phi) is 4.58. The molecule has 1 N–H and O–H groups in total. The third-order valence-electron chi connectivity index (χ3n) is 3.62. The number of halogens is 3. The van der Waals surface area contributed by atoms with Gasteiger partial charge in [-0.3, -0.25) is 10.1 Å². The molecule has 0 saturated heterocycles. The number of carbonyl (C=O) groups is 1. The topological polar surface area (TPSA) is 59.3 Å². The number of aromatic nitrogens is 3. The van der Waals surface area contributed by atoms with Crippen LogP contribution in [0.5, 0.6) is 0 Å².